The Hall–Kier alpha value is -2.99. The van der Waals surface area contributed by atoms with Crippen LogP contribution in [-0.4, -0.2) is 22.0 Å². The van der Waals surface area contributed by atoms with Gasteiger partial charge >= 0.3 is 11.9 Å². The van der Waals surface area contributed by atoms with Crippen molar-refractivity contribution in [3.05, 3.63) is 23.0 Å². The molecule has 0 saturated heterocycles. The predicted octanol–water partition coefficient (Wildman–Crippen LogP) is 3.28. The number of rotatable bonds is 8. The monoisotopic (exact) mass is 385 g/mol. The first-order valence-electron chi connectivity index (χ1n) is 8.84. The third kappa shape index (κ3) is 5.76. The molecular weight excluding hydrogens is 358 g/mol. The maximum Gasteiger partial charge on any atom is 0.312 e. The molecule has 0 fully saturated rings. The number of esters is 2. The van der Waals surface area contributed by atoms with Crippen molar-refractivity contribution < 1.29 is 24.2 Å². The molecule has 0 aromatic carbocycles. The Balaban J connectivity index is 2.97. The Morgan fingerprint density at radius 2 is 1.50 bits per heavy atom. The third-order valence-corrected chi connectivity index (χ3v) is 4.33. The molecule has 150 valence electrons. The standard InChI is InChI=1S/C22H27NO5/c1-8-10-21(4,5)19(25)27-13-16-12-23-15(3)18(24)17(16)14-28-20(26)22(6,7)11-9-2/h1-2,12,24H,10-11,13-14H2,3-7H3. The van der Waals surface area contributed by atoms with Crippen LogP contribution in [0.15, 0.2) is 6.20 Å². The molecule has 0 atom stereocenters. The number of hydrogen-bond acceptors (Lipinski definition) is 6. The van der Waals surface area contributed by atoms with Crippen molar-refractivity contribution in [3.8, 4) is 30.4 Å². The van der Waals surface area contributed by atoms with Crippen molar-refractivity contribution in [2.75, 3.05) is 0 Å². The van der Waals surface area contributed by atoms with Gasteiger partial charge in [0.25, 0.3) is 0 Å². The highest BCUT2D eigenvalue weighted by Crippen LogP contribution is 2.29. The second kappa shape index (κ2) is 9.28. The molecule has 28 heavy (non-hydrogen) atoms. The van der Waals surface area contributed by atoms with Crippen molar-refractivity contribution in [3.63, 3.8) is 0 Å². The zero-order chi connectivity index (χ0) is 21.5. The van der Waals surface area contributed by atoms with Gasteiger partial charge in [-0.2, -0.15) is 0 Å². The highest BCUT2D eigenvalue weighted by molar-refractivity contribution is 5.77. The largest absolute Gasteiger partial charge is 0.506 e. The molecule has 6 nitrogen and oxygen atoms in total. The molecule has 0 radical (unpaired) electrons. The van der Waals surface area contributed by atoms with Crippen LogP contribution in [-0.2, 0) is 32.3 Å². The highest BCUT2D eigenvalue weighted by atomic mass is 16.5. The van der Waals surface area contributed by atoms with Gasteiger partial charge < -0.3 is 14.6 Å². The van der Waals surface area contributed by atoms with Crippen LogP contribution >= 0.6 is 0 Å². The Morgan fingerprint density at radius 1 is 1.04 bits per heavy atom. The molecule has 0 aliphatic rings. The van der Waals surface area contributed by atoms with Crippen molar-refractivity contribution in [1.82, 2.24) is 4.98 Å². The van der Waals surface area contributed by atoms with Crippen molar-refractivity contribution in [2.24, 2.45) is 10.8 Å². The Kier molecular flexibility index (Phi) is 7.64. The van der Waals surface area contributed by atoms with Crippen LogP contribution in [0.2, 0.25) is 0 Å². The van der Waals surface area contributed by atoms with Crippen LogP contribution in [0.1, 0.15) is 57.4 Å². The van der Waals surface area contributed by atoms with Crippen molar-refractivity contribution in [1.29, 1.82) is 0 Å². The number of carbonyl (C=O) groups excluding carboxylic acids is 2. The first-order chi connectivity index (χ1) is 13.0. The number of ether oxygens (including phenoxy) is 2. The average molecular weight is 385 g/mol. The summed E-state index contributed by atoms with van der Waals surface area (Å²) in [5.41, 5.74) is -0.536. The van der Waals surface area contributed by atoms with E-state index in [4.69, 9.17) is 22.3 Å². The van der Waals surface area contributed by atoms with Gasteiger partial charge in [-0.05, 0) is 34.6 Å². The quantitative estimate of drug-likeness (QED) is 0.546. The van der Waals surface area contributed by atoms with Crippen LogP contribution in [0.3, 0.4) is 0 Å². The Bertz CT molecular complexity index is 825. The molecule has 1 aromatic heterocycles. The number of aromatic nitrogens is 1. The van der Waals surface area contributed by atoms with E-state index in [0.717, 1.165) is 0 Å². The molecule has 0 amide bonds. The number of aromatic hydroxyl groups is 1. The van der Waals surface area contributed by atoms with E-state index in [9.17, 15) is 14.7 Å². The van der Waals surface area contributed by atoms with E-state index >= 15 is 0 Å². The summed E-state index contributed by atoms with van der Waals surface area (Å²) in [5, 5.41) is 10.4. The highest BCUT2D eigenvalue weighted by Gasteiger charge is 2.30. The second-order valence-corrected chi connectivity index (χ2v) is 7.88. The zero-order valence-corrected chi connectivity index (χ0v) is 17.1. The summed E-state index contributed by atoms with van der Waals surface area (Å²) in [5.74, 6) is 3.82. The third-order valence-electron chi connectivity index (χ3n) is 4.33. The summed E-state index contributed by atoms with van der Waals surface area (Å²) in [7, 11) is 0. The normalized spacial score (nSPS) is 11.2. The van der Waals surface area contributed by atoms with Gasteiger partial charge in [-0.25, -0.2) is 0 Å². The first kappa shape index (κ1) is 23.0. The molecule has 1 heterocycles. The molecule has 0 bridgehead atoms. The lowest BCUT2D eigenvalue weighted by atomic mass is 9.90. The summed E-state index contributed by atoms with van der Waals surface area (Å²) >= 11 is 0. The summed E-state index contributed by atoms with van der Waals surface area (Å²) in [6.45, 7) is 8.05. The number of terminal acetylenes is 2. The molecule has 1 aromatic rings. The summed E-state index contributed by atoms with van der Waals surface area (Å²) < 4.78 is 10.7. The fourth-order valence-corrected chi connectivity index (χ4v) is 2.30. The topological polar surface area (TPSA) is 85.7 Å². The van der Waals surface area contributed by atoms with Crippen LogP contribution in [0.4, 0.5) is 0 Å². The van der Waals surface area contributed by atoms with E-state index < -0.39 is 22.8 Å². The Labute approximate surface area is 166 Å². The lowest BCUT2D eigenvalue weighted by Crippen LogP contribution is -2.27. The van der Waals surface area contributed by atoms with Gasteiger partial charge in [0.05, 0.1) is 16.5 Å². The minimum Gasteiger partial charge on any atom is -0.506 e. The van der Waals surface area contributed by atoms with E-state index in [1.807, 2.05) is 0 Å². The number of pyridine rings is 1. The number of aryl methyl sites for hydroxylation is 1. The summed E-state index contributed by atoms with van der Waals surface area (Å²) in [4.78, 5) is 28.6. The van der Waals surface area contributed by atoms with Gasteiger partial charge in [-0.3, -0.25) is 14.6 Å². The predicted molar refractivity (Wildman–Crippen MR) is 105 cm³/mol. The molecule has 1 N–H and O–H groups in total. The van der Waals surface area contributed by atoms with Crippen LogP contribution in [0, 0.1) is 42.4 Å². The Morgan fingerprint density at radius 3 is 1.96 bits per heavy atom. The molecule has 0 unspecified atom stereocenters. The fourth-order valence-electron chi connectivity index (χ4n) is 2.30. The molecule has 0 aliphatic heterocycles. The molecule has 6 heteroatoms. The molecule has 0 aliphatic carbocycles. The first-order valence-corrected chi connectivity index (χ1v) is 8.84. The van der Waals surface area contributed by atoms with Crippen LogP contribution in [0.25, 0.3) is 0 Å². The van der Waals surface area contributed by atoms with E-state index in [2.05, 4.69) is 16.8 Å². The lowest BCUT2D eigenvalue weighted by Gasteiger charge is -2.22. The van der Waals surface area contributed by atoms with E-state index in [1.54, 1.807) is 34.6 Å². The van der Waals surface area contributed by atoms with Gasteiger partial charge in [-0.15, -0.1) is 24.7 Å². The second-order valence-electron chi connectivity index (χ2n) is 7.88. The minimum atomic E-state index is -0.849. The van der Waals surface area contributed by atoms with Crippen LogP contribution in [0.5, 0.6) is 5.75 Å². The number of nitrogens with zero attached hydrogens (tertiary/aromatic N) is 1. The summed E-state index contributed by atoms with van der Waals surface area (Å²) in [6, 6.07) is 0. The van der Waals surface area contributed by atoms with Gasteiger partial charge in [0, 0.05) is 30.2 Å². The van der Waals surface area contributed by atoms with Gasteiger partial charge in [-0.1, -0.05) is 0 Å². The maximum atomic E-state index is 12.3. The smallest absolute Gasteiger partial charge is 0.312 e. The SMILES string of the molecule is C#CCC(C)(C)C(=O)OCc1cnc(C)c(O)c1COC(=O)C(C)(C)CC#C. The van der Waals surface area contributed by atoms with Gasteiger partial charge in [0.15, 0.2) is 0 Å². The van der Waals surface area contributed by atoms with E-state index in [0.29, 0.717) is 16.8 Å². The number of hydrogen-bond donors (Lipinski definition) is 1. The van der Waals surface area contributed by atoms with E-state index in [-0.39, 0.29) is 31.8 Å². The van der Waals surface area contributed by atoms with Gasteiger partial charge in [0.1, 0.15) is 19.0 Å². The molecule has 0 spiro atoms. The van der Waals surface area contributed by atoms with Crippen molar-refractivity contribution in [2.45, 2.75) is 60.7 Å². The van der Waals surface area contributed by atoms with Crippen LogP contribution < -0.4 is 0 Å². The molecular formula is C22H27NO5. The lowest BCUT2D eigenvalue weighted by molar-refractivity contribution is -0.156. The summed E-state index contributed by atoms with van der Waals surface area (Å²) in [6.07, 6.45) is 12.5. The zero-order valence-electron chi connectivity index (χ0n) is 17.1. The average Bonchev–Trinajstić information content (AvgIpc) is 2.61. The maximum absolute atomic E-state index is 12.3. The minimum absolute atomic E-state index is 0.112. The number of carbonyl (C=O) groups is 2. The fraction of sp³-hybridized carbons (Fsp3) is 0.500. The molecule has 1 rings (SSSR count). The van der Waals surface area contributed by atoms with Crippen molar-refractivity contribution >= 4 is 11.9 Å². The molecule has 0 saturated carbocycles. The van der Waals surface area contributed by atoms with E-state index in [1.165, 1.54) is 6.20 Å². The van der Waals surface area contributed by atoms with Gasteiger partial charge in [0.2, 0.25) is 0 Å².